The van der Waals surface area contributed by atoms with E-state index in [-0.39, 0.29) is 30.3 Å². The highest BCUT2D eigenvalue weighted by atomic mass is 79.9. The molecule has 0 bridgehead atoms. The predicted octanol–water partition coefficient (Wildman–Crippen LogP) is 5.79. The van der Waals surface area contributed by atoms with Gasteiger partial charge in [-0.3, -0.25) is 9.59 Å². The normalized spacial score (nSPS) is 11.3. The first-order valence-electron chi connectivity index (χ1n) is 10.7. The van der Waals surface area contributed by atoms with Crippen LogP contribution in [0.25, 0.3) is 0 Å². The highest BCUT2D eigenvalue weighted by molar-refractivity contribution is 9.10. The fourth-order valence-electron chi connectivity index (χ4n) is 3.00. The number of carbonyl (C=O) groups excluding carboxylic acids is 2. The predicted molar refractivity (Wildman–Crippen MR) is 132 cm³/mol. The van der Waals surface area contributed by atoms with Gasteiger partial charge in [0.05, 0.1) is 22.9 Å². The van der Waals surface area contributed by atoms with Crippen LogP contribution >= 0.6 is 15.9 Å². The lowest BCUT2D eigenvalue weighted by atomic mass is 10.1. The summed E-state index contributed by atoms with van der Waals surface area (Å²) in [4.78, 5) is 24.4. The SMILES string of the molecule is CCOc1cc(/C=N\NC(=O)c2cccc(C(F)(F)F)c2)cc(Br)c1OCC(=O)Nc1ccc(F)cc1. The molecule has 0 spiro atoms. The van der Waals surface area contributed by atoms with Gasteiger partial charge in [0.2, 0.25) is 0 Å². The van der Waals surface area contributed by atoms with Gasteiger partial charge in [0.25, 0.3) is 11.8 Å². The number of benzene rings is 3. The fourth-order valence-corrected chi connectivity index (χ4v) is 3.57. The molecule has 3 aromatic rings. The summed E-state index contributed by atoms with van der Waals surface area (Å²) in [6.07, 6.45) is -3.31. The Morgan fingerprint density at radius 1 is 1.05 bits per heavy atom. The molecule has 0 atom stereocenters. The molecule has 2 N–H and O–H groups in total. The Morgan fingerprint density at radius 2 is 1.78 bits per heavy atom. The molecule has 37 heavy (non-hydrogen) atoms. The minimum Gasteiger partial charge on any atom is -0.490 e. The Labute approximate surface area is 217 Å². The van der Waals surface area contributed by atoms with E-state index < -0.39 is 29.4 Å². The second-order valence-electron chi connectivity index (χ2n) is 7.38. The number of ether oxygens (including phenoxy) is 2. The van der Waals surface area contributed by atoms with Crippen molar-refractivity contribution < 1.29 is 36.6 Å². The van der Waals surface area contributed by atoms with Gasteiger partial charge in [0.15, 0.2) is 18.1 Å². The van der Waals surface area contributed by atoms with Crippen molar-refractivity contribution in [2.45, 2.75) is 13.1 Å². The standard InChI is InChI=1S/C25H20BrF4N3O4/c1-2-36-21-11-15(13-31-33-24(35)16-4-3-5-17(12-16)25(28,29)30)10-20(26)23(21)37-14-22(34)32-19-8-6-18(27)7-9-19/h3-13H,2,14H2,1H3,(H,32,34)(H,33,35)/b31-13-. The van der Waals surface area contributed by atoms with Crippen LogP contribution in [-0.2, 0) is 11.0 Å². The van der Waals surface area contributed by atoms with Crippen molar-refractivity contribution in [3.63, 3.8) is 0 Å². The minimum atomic E-state index is -4.58. The van der Waals surface area contributed by atoms with Gasteiger partial charge in [-0.15, -0.1) is 0 Å². The molecular weight excluding hydrogens is 562 g/mol. The highest BCUT2D eigenvalue weighted by Gasteiger charge is 2.30. The Bertz CT molecular complexity index is 1300. The maximum absolute atomic E-state index is 13.0. The van der Waals surface area contributed by atoms with Gasteiger partial charge in [0, 0.05) is 11.3 Å². The lowest BCUT2D eigenvalue weighted by molar-refractivity contribution is -0.137. The van der Waals surface area contributed by atoms with Crippen molar-refractivity contribution in [2.24, 2.45) is 5.10 Å². The molecule has 0 aliphatic carbocycles. The molecule has 0 unspecified atom stereocenters. The van der Waals surface area contributed by atoms with E-state index >= 15 is 0 Å². The maximum Gasteiger partial charge on any atom is 0.416 e. The number of halogens is 5. The first kappa shape index (κ1) is 27.7. The van der Waals surface area contributed by atoms with Crippen LogP contribution in [0.15, 0.2) is 70.2 Å². The third kappa shape index (κ3) is 8.04. The average Bonchev–Trinajstić information content (AvgIpc) is 2.84. The number of nitrogens with zero attached hydrogens (tertiary/aromatic N) is 1. The van der Waals surface area contributed by atoms with Gasteiger partial charge in [0.1, 0.15) is 5.82 Å². The molecule has 0 aliphatic heterocycles. The number of amides is 2. The molecule has 12 heteroatoms. The first-order chi connectivity index (χ1) is 17.6. The Balaban J connectivity index is 1.66. The van der Waals surface area contributed by atoms with E-state index in [0.29, 0.717) is 15.7 Å². The summed E-state index contributed by atoms with van der Waals surface area (Å²) in [5, 5.41) is 6.37. The van der Waals surface area contributed by atoms with Crippen molar-refractivity contribution >= 4 is 39.6 Å². The Kier molecular flexibility index (Phi) is 9.23. The summed E-state index contributed by atoms with van der Waals surface area (Å²) in [6.45, 7) is 1.66. The Hall–Kier alpha value is -3.93. The van der Waals surface area contributed by atoms with Gasteiger partial charge in [-0.25, -0.2) is 9.82 Å². The molecule has 7 nitrogen and oxygen atoms in total. The number of carbonyl (C=O) groups is 2. The second-order valence-corrected chi connectivity index (χ2v) is 8.24. The zero-order chi connectivity index (χ0) is 27.0. The molecular formula is C25H20BrF4N3O4. The molecule has 0 fully saturated rings. The van der Waals surface area contributed by atoms with Crippen LogP contribution in [0.3, 0.4) is 0 Å². The molecule has 0 aromatic heterocycles. The first-order valence-corrected chi connectivity index (χ1v) is 11.5. The summed E-state index contributed by atoms with van der Waals surface area (Å²) in [7, 11) is 0. The summed E-state index contributed by atoms with van der Waals surface area (Å²) >= 11 is 3.34. The van der Waals surface area contributed by atoms with Crippen molar-refractivity contribution in [3.8, 4) is 11.5 Å². The van der Waals surface area contributed by atoms with Gasteiger partial charge >= 0.3 is 6.18 Å². The van der Waals surface area contributed by atoms with Gasteiger partial charge < -0.3 is 14.8 Å². The van der Waals surface area contributed by atoms with E-state index in [9.17, 15) is 27.2 Å². The van der Waals surface area contributed by atoms with Crippen LogP contribution in [0.1, 0.15) is 28.4 Å². The van der Waals surface area contributed by atoms with Crippen molar-refractivity contribution in [1.82, 2.24) is 5.43 Å². The lowest BCUT2D eigenvalue weighted by Gasteiger charge is -2.14. The van der Waals surface area contributed by atoms with E-state index in [4.69, 9.17) is 9.47 Å². The van der Waals surface area contributed by atoms with Crippen molar-refractivity contribution in [3.05, 3.63) is 87.6 Å². The number of hydrogen-bond acceptors (Lipinski definition) is 5. The van der Waals surface area contributed by atoms with E-state index in [2.05, 4.69) is 31.8 Å². The smallest absolute Gasteiger partial charge is 0.416 e. The summed E-state index contributed by atoms with van der Waals surface area (Å²) in [6, 6.07) is 12.3. The molecule has 3 aromatic carbocycles. The van der Waals surface area contributed by atoms with E-state index in [1.54, 1.807) is 19.1 Å². The minimum absolute atomic E-state index is 0.203. The van der Waals surface area contributed by atoms with Crippen LogP contribution in [0.2, 0.25) is 0 Å². The molecule has 0 radical (unpaired) electrons. The van der Waals surface area contributed by atoms with Crippen LogP contribution in [0, 0.1) is 5.82 Å². The van der Waals surface area contributed by atoms with E-state index in [1.807, 2.05) is 0 Å². The van der Waals surface area contributed by atoms with Gasteiger partial charge in [-0.1, -0.05) is 6.07 Å². The number of hydrazone groups is 1. The maximum atomic E-state index is 13.0. The third-order valence-corrected chi connectivity index (χ3v) is 5.23. The van der Waals surface area contributed by atoms with Crippen LogP contribution in [0.5, 0.6) is 11.5 Å². The largest absolute Gasteiger partial charge is 0.490 e. The monoisotopic (exact) mass is 581 g/mol. The summed E-state index contributed by atoms with van der Waals surface area (Å²) in [5.74, 6) is -1.22. The van der Waals surface area contributed by atoms with E-state index in [1.165, 1.54) is 36.5 Å². The van der Waals surface area contributed by atoms with Gasteiger partial charge in [-0.2, -0.15) is 18.3 Å². The number of rotatable bonds is 9. The molecule has 0 heterocycles. The Morgan fingerprint density at radius 3 is 2.46 bits per heavy atom. The lowest BCUT2D eigenvalue weighted by Crippen LogP contribution is -2.20. The quantitative estimate of drug-likeness (QED) is 0.190. The highest BCUT2D eigenvalue weighted by Crippen LogP contribution is 2.36. The summed E-state index contributed by atoms with van der Waals surface area (Å²) < 4.78 is 63.2. The van der Waals surface area contributed by atoms with Gasteiger partial charge in [-0.05, 0) is 83.0 Å². The topological polar surface area (TPSA) is 89.0 Å². The number of hydrogen-bond donors (Lipinski definition) is 2. The summed E-state index contributed by atoms with van der Waals surface area (Å²) in [5.41, 5.74) is 1.89. The molecule has 0 saturated heterocycles. The number of alkyl halides is 3. The number of anilines is 1. The average molecular weight is 582 g/mol. The van der Waals surface area contributed by atoms with E-state index in [0.717, 1.165) is 18.2 Å². The molecule has 0 saturated carbocycles. The zero-order valence-corrected chi connectivity index (χ0v) is 20.8. The molecule has 0 aliphatic rings. The second kappa shape index (κ2) is 12.3. The molecule has 3 rings (SSSR count). The third-order valence-electron chi connectivity index (χ3n) is 4.64. The fraction of sp³-hybridized carbons (Fsp3) is 0.160. The van der Waals surface area contributed by atoms with Crippen molar-refractivity contribution in [2.75, 3.05) is 18.5 Å². The molecule has 2 amide bonds. The number of nitrogens with one attached hydrogen (secondary N) is 2. The van der Waals surface area contributed by atoms with Crippen LogP contribution < -0.4 is 20.2 Å². The van der Waals surface area contributed by atoms with Crippen LogP contribution in [0.4, 0.5) is 23.2 Å². The zero-order valence-electron chi connectivity index (χ0n) is 19.2. The molecule has 194 valence electrons. The van der Waals surface area contributed by atoms with Crippen molar-refractivity contribution in [1.29, 1.82) is 0 Å². The van der Waals surface area contributed by atoms with Crippen LogP contribution in [-0.4, -0.2) is 31.2 Å².